The molecule has 0 N–H and O–H groups in total. The van der Waals surface area contributed by atoms with E-state index in [4.69, 9.17) is 4.98 Å². The molecule has 27 heavy (non-hydrogen) atoms. The summed E-state index contributed by atoms with van der Waals surface area (Å²) in [5.41, 5.74) is 5.32. The molecule has 0 saturated heterocycles. The molecule has 0 aliphatic carbocycles. The fraction of sp³-hybridized carbons (Fsp3) is 0. The molecule has 6 heterocycles. The van der Waals surface area contributed by atoms with Crippen molar-refractivity contribution < 1.29 is 0 Å². The van der Waals surface area contributed by atoms with Crippen LogP contribution in [0.5, 0.6) is 0 Å². The molecule has 7 nitrogen and oxygen atoms in total. The average molecular weight is 351 g/mol. The van der Waals surface area contributed by atoms with Crippen molar-refractivity contribution in [3.05, 3.63) is 79.5 Å². The quantitative estimate of drug-likeness (QED) is 0.480. The van der Waals surface area contributed by atoms with E-state index in [1.807, 2.05) is 71.5 Å². The minimum Gasteiger partial charge on any atom is -0.305 e. The van der Waals surface area contributed by atoms with Crippen LogP contribution in [0.3, 0.4) is 0 Å². The molecule has 0 unspecified atom stereocenters. The van der Waals surface area contributed by atoms with Gasteiger partial charge < -0.3 is 4.40 Å². The van der Waals surface area contributed by atoms with Gasteiger partial charge in [-0.25, -0.2) is 14.5 Å². The van der Waals surface area contributed by atoms with Gasteiger partial charge in [-0.05, 0) is 36.4 Å². The van der Waals surface area contributed by atoms with Gasteiger partial charge in [0, 0.05) is 30.9 Å². The Morgan fingerprint density at radius 1 is 0.815 bits per heavy atom. The third-order valence-corrected chi connectivity index (χ3v) is 4.65. The predicted molar refractivity (Wildman–Crippen MR) is 102 cm³/mol. The van der Waals surface area contributed by atoms with Crippen LogP contribution < -0.4 is 0 Å². The lowest BCUT2D eigenvalue weighted by Crippen LogP contribution is -1.97. The van der Waals surface area contributed by atoms with Gasteiger partial charge in [0.05, 0.1) is 22.9 Å². The van der Waals surface area contributed by atoms with Gasteiger partial charge in [0.1, 0.15) is 11.3 Å². The van der Waals surface area contributed by atoms with E-state index >= 15 is 0 Å². The van der Waals surface area contributed by atoms with Crippen LogP contribution in [0.25, 0.3) is 39.5 Å². The number of hydrogen-bond donors (Lipinski definition) is 0. The number of pyridine rings is 2. The molecule has 0 radical (unpaired) electrons. The van der Waals surface area contributed by atoms with Gasteiger partial charge in [-0.15, -0.1) is 0 Å². The summed E-state index contributed by atoms with van der Waals surface area (Å²) in [4.78, 5) is 13.7. The van der Waals surface area contributed by atoms with Crippen molar-refractivity contribution in [3.63, 3.8) is 0 Å². The first-order chi connectivity index (χ1) is 13.4. The molecular weight excluding hydrogens is 338 g/mol. The Labute approximate surface area is 153 Å². The maximum absolute atomic E-state index is 4.79. The zero-order valence-corrected chi connectivity index (χ0v) is 14.1. The minimum absolute atomic E-state index is 0.798. The molecule has 6 rings (SSSR count). The van der Waals surface area contributed by atoms with E-state index in [2.05, 4.69) is 19.6 Å². The SMILES string of the molecule is c1cnc2cc(-c3cc4ncccn4n3)n(-c3cn4ccccc4n3)c2c1. The largest absolute Gasteiger partial charge is 0.305 e. The molecule has 0 amide bonds. The average Bonchev–Trinajstić information content (AvgIpc) is 3.40. The summed E-state index contributed by atoms with van der Waals surface area (Å²) in [5, 5.41) is 4.69. The Morgan fingerprint density at radius 3 is 2.70 bits per heavy atom. The highest BCUT2D eigenvalue weighted by Crippen LogP contribution is 2.30. The van der Waals surface area contributed by atoms with Gasteiger partial charge in [-0.2, -0.15) is 5.10 Å². The van der Waals surface area contributed by atoms with E-state index < -0.39 is 0 Å². The van der Waals surface area contributed by atoms with Crippen LogP contribution in [0.2, 0.25) is 0 Å². The Bertz CT molecular complexity index is 1370. The summed E-state index contributed by atoms with van der Waals surface area (Å²) in [6.45, 7) is 0. The van der Waals surface area contributed by atoms with Crippen molar-refractivity contribution in [2.75, 3.05) is 0 Å². The highest BCUT2D eigenvalue weighted by atomic mass is 15.3. The van der Waals surface area contributed by atoms with Crippen LogP contribution in [-0.2, 0) is 0 Å². The van der Waals surface area contributed by atoms with Crippen molar-refractivity contribution >= 4 is 22.3 Å². The van der Waals surface area contributed by atoms with Gasteiger partial charge in [0.2, 0.25) is 0 Å². The van der Waals surface area contributed by atoms with E-state index in [0.29, 0.717) is 0 Å². The molecule has 0 fully saturated rings. The first kappa shape index (κ1) is 14.2. The molecule has 128 valence electrons. The summed E-state index contributed by atoms with van der Waals surface area (Å²) in [5.74, 6) is 0.823. The summed E-state index contributed by atoms with van der Waals surface area (Å²) >= 11 is 0. The van der Waals surface area contributed by atoms with Gasteiger partial charge in [0.25, 0.3) is 0 Å². The third-order valence-electron chi connectivity index (χ3n) is 4.65. The normalized spacial score (nSPS) is 11.7. The summed E-state index contributed by atoms with van der Waals surface area (Å²) in [6, 6.07) is 15.8. The molecule has 6 aromatic heterocycles. The van der Waals surface area contributed by atoms with Gasteiger partial charge in [0.15, 0.2) is 11.5 Å². The lowest BCUT2D eigenvalue weighted by molar-refractivity contribution is 0.935. The topological polar surface area (TPSA) is 65.3 Å². The highest BCUT2D eigenvalue weighted by molar-refractivity contribution is 5.85. The fourth-order valence-corrected chi connectivity index (χ4v) is 3.45. The summed E-state index contributed by atoms with van der Waals surface area (Å²) < 4.78 is 5.87. The molecule has 0 spiro atoms. The van der Waals surface area contributed by atoms with E-state index in [1.165, 1.54) is 0 Å². The minimum atomic E-state index is 0.798. The lowest BCUT2D eigenvalue weighted by Gasteiger charge is -2.05. The van der Waals surface area contributed by atoms with Gasteiger partial charge in [-0.1, -0.05) is 6.07 Å². The van der Waals surface area contributed by atoms with Crippen LogP contribution in [0.1, 0.15) is 0 Å². The second-order valence-corrected chi connectivity index (χ2v) is 6.29. The zero-order valence-electron chi connectivity index (χ0n) is 14.1. The number of rotatable bonds is 2. The fourth-order valence-electron chi connectivity index (χ4n) is 3.45. The molecule has 7 heteroatoms. The molecule has 0 aliphatic heterocycles. The van der Waals surface area contributed by atoms with Crippen molar-refractivity contribution in [2.45, 2.75) is 0 Å². The molecule has 6 aromatic rings. The van der Waals surface area contributed by atoms with E-state index in [1.54, 1.807) is 16.9 Å². The Morgan fingerprint density at radius 2 is 1.78 bits per heavy atom. The second-order valence-electron chi connectivity index (χ2n) is 6.29. The van der Waals surface area contributed by atoms with Gasteiger partial charge >= 0.3 is 0 Å². The van der Waals surface area contributed by atoms with Crippen LogP contribution in [-0.4, -0.2) is 33.5 Å². The van der Waals surface area contributed by atoms with E-state index in [-0.39, 0.29) is 0 Å². The molecule has 0 saturated carbocycles. The number of hydrogen-bond acceptors (Lipinski definition) is 4. The van der Waals surface area contributed by atoms with Crippen molar-refractivity contribution in [3.8, 4) is 17.2 Å². The number of nitrogens with zero attached hydrogens (tertiary/aromatic N) is 7. The molecule has 0 aromatic carbocycles. The van der Waals surface area contributed by atoms with E-state index in [9.17, 15) is 0 Å². The van der Waals surface area contributed by atoms with Crippen LogP contribution in [0.15, 0.2) is 79.5 Å². The maximum atomic E-state index is 4.79. The lowest BCUT2D eigenvalue weighted by atomic mass is 10.3. The van der Waals surface area contributed by atoms with Crippen LogP contribution in [0, 0.1) is 0 Å². The van der Waals surface area contributed by atoms with Crippen molar-refractivity contribution in [2.24, 2.45) is 0 Å². The predicted octanol–water partition coefficient (Wildman–Crippen LogP) is 3.38. The number of imidazole rings is 1. The second kappa shape index (κ2) is 5.25. The van der Waals surface area contributed by atoms with Crippen LogP contribution >= 0.6 is 0 Å². The smallest absolute Gasteiger partial charge is 0.157 e. The van der Waals surface area contributed by atoms with E-state index in [0.717, 1.165) is 39.5 Å². The Kier molecular flexibility index (Phi) is 2.76. The Balaban J connectivity index is 1.68. The molecule has 0 bridgehead atoms. The number of fused-ring (bicyclic) bond motifs is 3. The molecular formula is C20H13N7. The van der Waals surface area contributed by atoms with Gasteiger partial charge in [-0.3, -0.25) is 9.55 Å². The van der Waals surface area contributed by atoms with Crippen molar-refractivity contribution in [1.29, 1.82) is 0 Å². The first-order valence-electron chi connectivity index (χ1n) is 8.58. The van der Waals surface area contributed by atoms with Crippen LogP contribution in [0.4, 0.5) is 0 Å². The summed E-state index contributed by atoms with van der Waals surface area (Å²) in [7, 11) is 0. The standard InChI is InChI=1S/C20H13N7/c1-2-9-25-13-20(23-18(25)6-1)27-16-5-3-7-21-14(16)11-17(27)15-12-19-22-8-4-10-26(19)24-15/h1-13H. The maximum Gasteiger partial charge on any atom is 0.157 e. The molecule has 0 aliphatic rings. The highest BCUT2D eigenvalue weighted by Gasteiger charge is 2.17. The summed E-state index contributed by atoms with van der Waals surface area (Å²) in [6.07, 6.45) is 9.46. The van der Waals surface area contributed by atoms with Crippen molar-refractivity contribution in [1.82, 2.24) is 33.5 Å². The molecule has 0 atom stereocenters. The third kappa shape index (κ3) is 2.08. The monoisotopic (exact) mass is 351 g/mol. The zero-order chi connectivity index (χ0) is 17.8. The number of aromatic nitrogens is 7. The first-order valence-corrected chi connectivity index (χ1v) is 8.58. The Hall–Kier alpha value is -4.00.